The van der Waals surface area contributed by atoms with Crippen molar-refractivity contribution in [3.63, 3.8) is 0 Å². The molecule has 2 aromatic rings. The van der Waals surface area contributed by atoms with Crippen molar-refractivity contribution in [2.75, 3.05) is 5.73 Å². The quantitative estimate of drug-likeness (QED) is 0.803. The van der Waals surface area contributed by atoms with E-state index in [9.17, 15) is 0 Å². The Labute approximate surface area is 110 Å². The summed E-state index contributed by atoms with van der Waals surface area (Å²) in [7, 11) is 0. The molecule has 2 nitrogen and oxygen atoms in total. The van der Waals surface area contributed by atoms with E-state index in [2.05, 4.69) is 0 Å². The van der Waals surface area contributed by atoms with Crippen molar-refractivity contribution in [1.82, 2.24) is 0 Å². The minimum absolute atomic E-state index is 0.476. The van der Waals surface area contributed by atoms with E-state index in [0.29, 0.717) is 27.2 Å². The van der Waals surface area contributed by atoms with E-state index in [1.165, 1.54) is 0 Å². The fourth-order valence-electron chi connectivity index (χ4n) is 1.40. The van der Waals surface area contributed by atoms with Gasteiger partial charge >= 0.3 is 0 Å². The fourth-order valence-corrected chi connectivity index (χ4v) is 1.79. The molecule has 0 spiro atoms. The molecule has 0 saturated carbocycles. The van der Waals surface area contributed by atoms with E-state index in [1.54, 1.807) is 24.3 Å². The molecule has 0 aromatic heterocycles. The lowest BCUT2D eigenvalue weighted by Gasteiger charge is -2.10. The van der Waals surface area contributed by atoms with Gasteiger partial charge in [0.2, 0.25) is 0 Å². The predicted molar refractivity (Wildman–Crippen MR) is 72.1 cm³/mol. The average molecular weight is 268 g/mol. The Morgan fingerprint density at radius 3 is 2.47 bits per heavy atom. The van der Waals surface area contributed by atoms with E-state index >= 15 is 0 Å². The third-order valence-corrected chi connectivity index (χ3v) is 2.86. The van der Waals surface area contributed by atoms with Crippen LogP contribution in [0.15, 0.2) is 36.4 Å². The summed E-state index contributed by atoms with van der Waals surface area (Å²) in [5, 5.41) is 1.10. The Morgan fingerprint density at radius 1 is 1.00 bits per heavy atom. The Bertz CT molecular complexity index is 555. The van der Waals surface area contributed by atoms with Crippen LogP contribution in [0, 0.1) is 6.92 Å². The Hall–Kier alpha value is -1.38. The Kier molecular flexibility index (Phi) is 3.46. The smallest absolute Gasteiger partial charge is 0.146 e. The zero-order valence-corrected chi connectivity index (χ0v) is 10.7. The minimum atomic E-state index is 0.476. The molecule has 0 aliphatic carbocycles. The first-order valence-electron chi connectivity index (χ1n) is 5.05. The topological polar surface area (TPSA) is 35.2 Å². The zero-order chi connectivity index (χ0) is 12.4. The Balaban J connectivity index is 2.34. The maximum absolute atomic E-state index is 6.03. The molecule has 2 aromatic carbocycles. The lowest BCUT2D eigenvalue weighted by atomic mass is 10.2. The monoisotopic (exact) mass is 267 g/mol. The molecule has 0 aliphatic rings. The van der Waals surface area contributed by atoms with Gasteiger partial charge in [0.05, 0.1) is 5.02 Å². The van der Waals surface area contributed by atoms with Crippen LogP contribution in [-0.4, -0.2) is 0 Å². The molecule has 0 heterocycles. The maximum Gasteiger partial charge on any atom is 0.146 e. The second kappa shape index (κ2) is 4.86. The van der Waals surface area contributed by atoms with Crippen LogP contribution in [0.1, 0.15) is 5.56 Å². The number of rotatable bonds is 2. The van der Waals surface area contributed by atoms with E-state index in [1.807, 2.05) is 19.1 Å². The number of anilines is 1. The van der Waals surface area contributed by atoms with Gasteiger partial charge in [0, 0.05) is 10.7 Å². The van der Waals surface area contributed by atoms with Crippen LogP contribution < -0.4 is 10.5 Å². The number of nitrogen functional groups attached to an aromatic ring is 1. The normalized spacial score (nSPS) is 10.3. The summed E-state index contributed by atoms with van der Waals surface area (Å²) in [5.41, 5.74) is 7.20. The lowest BCUT2D eigenvalue weighted by Crippen LogP contribution is -1.90. The van der Waals surface area contributed by atoms with Crippen molar-refractivity contribution >= 4 is 28.9 Å². The maximum atomic E-state index is 6.03. The molecule has 0 aliphatic heterocycles. The molecule has 88 valence electrons. The summed E-state index contributed by atoms with van der Waals surface area (Å²) in [5.74, 6) is 1.25. The summed E-state index contributed by atoms with van der Waals surface area (Å²) in [6.07, 6.45) is 0. The molecule has 0 atom stereocenters. The molecule has 0 amide bonds. The van der Waals surface area contributed by atoms with Gasteiger partial charge in [0.1, 0.15) is 11.5 Å². The molecule has 0 saturated heterocycles. The highest BCUT2D eigenvalue weighted by atomic mass is 35.5. The molecule has 0 unspecified atom stereocenters. The lowest BCUT2D eigenvalue weighted by molar-refractivity contribution is 0.479. The standard InChI is InChI=1S/C13H11Cl2NO/c1-8-2-3-9(14)6-13(8)17-12-5-4-10(16)7-11(12)15/h2-7H,16H2,1H3. The molecule has 2 N–H and O–H groups in total. The summed E-state index contributed by atoms with van der Waals surface area (Å²) in [6.45, 7) is 1.94. The van der Waals surface area contributed by atoms with Crippen molar-refractivity contribution in [2.24, 2.45) is 0 Å². The van der Waals surface area contributed by atoms with Gasteiger partial charge in [0.15, 0.2) is 0 Å². The molecule has 2 rings (SSSR count). The average Bonchev–Trinajstić information content (AvgIpc) is 2.27. The van der Waals surface area contributed by atoms with Gasteiger partial charge in [-0.2, -0.15) is 0 Å². The van der Waals surface area contributed by atoms with Crippen molar-refractivity contribution < 1.29 is 4.74 Å². The van der Waals surface area contributed by atoms with Gasteiger partial charge in [-0.15, -0.1) is 0 Å². The number of aryl methyl sites for hydroxylation is 1. The molecule has 0 bridgehead atoms. The van der Waals surface area contributed by atoms with Crippen molar-refractivity contribution in [3.05, 3.63) is 52.0 Å². The van der Waals surface area contributed by atoms with Gasteiger partial charge in [-0.05, 0) is 42.8 Å². The minimum Gasteiger partial charge on any atom is -0.455 e. The summed E-state index contributed by atoms with van der Waals surface area (Å²) >= 11 is 11.9. The van der Waals surface area contributed by atoms with Crippen molar-refractivity contribution in [1.29, 1.82) is 0 Å². The molecule has 17 heavy (non-hydrogen) atoms. The summed E-state index contributed by atoms with van der Waals surface area (Å²) < 4.78 is 5.70. The van der Waals surface area contributed by atoms with E-state index in [-0.39, 0.29) is 0 Å². The summed E-state index contributed by atoms with van der Waals surface area (Å²) in [4.78, 5) is 0. The van der Waals surface area contributed by atoms with E-state index < -0.39 is 0 Å². The van der Waals surface area contributed by atoms with Crippen LogP contribution in [0.2, 0.25) is 10.0 Å². The molecular formula is C13H11Cl2NO. The van der Waals surface area contributed by atoms with E-state index in [4.69, 9.17) is 33.7 Å². The number of hydrogen-bond donors (Lipinski definition) is 1. The number of hydrogen-bond acceptors (Lipinski definition) is 2. The Morgan fingerprint density at radius 2 is 1.76 bits per heavy atom. The van der Waals surface area contributed by atoms with Gasteiger partial charge in [0.25, 0.3) is 0 Å². The van der Waals surface area contributed by atoms with Gasteiger partial charge in [-0.25, -0.2) is 0 Å². The van der Waals surface area contributed by atoms with Crippen LogP contribution >= 0.6 is 23.2 Å². The number of ether oxygens (including phenoxy) is 1. The predicted octanol–water partition coefficient (Wildman–Crippen LogP) is 4.68. The van der Waals surface area contributed by atoms with Crippen molar-refractivity contribution in [2.45, 2.75) is 6.92 Å². The third-order valence-electron chi connectivity index (χ3n) is 2.33. The van der Waals surface area contributed by atoms with Crippen LogP contribution in [0.5, 0.6) is 11.5 Å². The fraction of sp³-hybridized carbons (Fsp3) is 0.0769. The third kappa shape index (κ3) is 2.84. The van der Waals surface area contributed by atoms with Crippen LogP contribution in [0.3, 0.4) is 0 Å². The first kappa shape index (κ1) is 12.1. The highest BCUT2D eigenvalue weighted by Gasteiger charge is 2.06. The zero-order valence-electron chi connectivity index (χ0n) is 9.21. The SMILES string of the molecule is Cc1ccc(Cl)cc1Oc1ccc(N)cc1Cl. The number of nitrogens with two attached hydrogens (primary N) is 1. The highest BCUT2D eigenvalue weighted by molar-refractivity contribution is 6.32. The second-order valence-corrected chi connectivity index (χ2v) is 4.55. The van der Waals surface area contributed by atoms with Gasteiger partial charge in [-0.3, -0.25) is 0 Å². The van der Waals surface area contributed by atoms with Crippen molar-refractivity contribution in [3.8, 4) is 11.5 Å². The first-order valence-corrected chi connectivity index (χ1v) is 5.81. The summed E-state index contributed by atoms with van der Waals surface area (Å²) in [6, 6.07) is 10.6. The molecule has 0 radical (unpaired) electrons. The van der Waals surface area contributed by atoms with E-state index in [0.717, 1.165) is 5.56 Å². The second-order valence-electron chi connectivity index (χ2n) is 3.70. The van der Waals surface area contributed by atoms with Crippen LogP contribution in [-0.2, 0) is 0 Å². The molecule has 0 fully saturated rings. The first-order chi connectivity index (χ1) is 8.06. The molecular weight excluding hydrogens is 257 g/mol. The van der Waals surface area contributed by atoms with Crippen LogP contribution in [0.4, 0.5) is 5.69 Å². The van der Waals surface area contributed by atoms with Gasteiger partial charge in [-0.1, -0.05) is 29.3 Å². The van der Waals surface area contributed by atoms with Gasteiger partial charge < -0.3 is 10.5 Å². The molecule has 4 heteroatoms. The number of halogens is 2. The number of benzene rings is 2. The highest BCUT2D eigenvalue weighted by Crippen LogP contribution is 2.33. The largest absolute Gasteiger partial charge is 0.455 e. The van der Waals surface area contributed by atoms with Crippen LogP contribution in [0.25, 0.3) is 0 Å².